The van der Waals surface area contributed by atoms with Gasteiger partial charge in [0.15, 0.2) is 0 Å². The summed E-state index contributed by atoms with van der Waals surface area (Å²) >= 11 is 5.92. The highest BCUT2D eigenvalue weighted by molar-refractivity contribution is 6.32. The minimum Gasteiger partial charge on any atom is -0.506 e. The fraction of sp³-hybridized carbons (Fsp3) is 0.368. The summed E-state index contributed by atoms with van der Waals surface area (Å²) in [6, 6.07) is 0.858. The van der Waals surface area contributed by atoms with E-state index in [2.05, 4.69) is 10.6 Å². The zero-order valence-electron chi connectivity index (χ0n) is 16.2. The van der Waals surface area contributed by atoms with E-state index in [9.17, 15) is 29.4 Å². The largest absolute Gasteiger partial charge is 0.506 e. The number of halogens is 1. The quantitative estimate of drug-likeness (QED) is 0.290. The van der Waals surface area contributed by atoms with Gasteiger partial charge in [0.05, 0.1) is 5.02 Å². The summed E-state index contributed by atoms with van der Waals surface area (Å²) < 4.78 is 5.20. The third-order valence-electron chi connectivity index (χ3n) is 4.56. The maximum atomic E-state index is 12.3. The number of carboxylic acid groups (broad SMARTS) is 1. The number of carboxylic acids is 1. The van der Waals surface area contributed by atoms with Crippen LogP contribution in [0, 0.1) is 6.92 Å². The molecule has 2 rings (SSSR count). The molecule has 6 N–H and O–H groups in total. The molecule has 162 valence electrons. The number of phenolic OH excluding ortho intramolecular Hbond substituents is 1. The highest BCUT2D eigenvalue weighted by Crippen LogP contribution is 2.30. The van der Waals surface area contributed by atoms with Gasteiger partial charge in [0.2, 0.25) is 5.91 Å². The molecular formula is C19H22ClN3O7. The Bertz CT molecular complexity index is 1030. The molecule has 0 saturated carbocycles. The Morgan fingerprint density at radius 3 is 2.63 bits per heavy atom. The van der Waals surface area contributed by atoms with Gasteiger partial charge in [0, 0.05) is 30.0 Å². The Hall–Kier alpha value is -3.27. The number of primary amides is 1. The van der Waals surface area contributed by atoms with Crippen LogP contribution in [0.5, 0.6) is 5.75 Å². The predicted molar refractivity (Wildman–Crippen MR) is 109 cm³/mol. The molecule has 2 aromatic rings. The van der Waals surface area contributed by atoms with Gasteiger partial charge in [-0.2, -0.15) is 0 Å². The molecule has 0 fully saturated rings. The van der Waals surface area contributed by atoms with Crippen LogP contribution < -0.4 is 22.0 Å². The Balaban J connectivity index is 2.05. The van der Waals surface area contributed by atoms with E-state index in [1.165, 1.54) is 12.1 Å². The number of hydrogen-bond acceptors (Lipinski definition) is 6. The van der Waals surface area contributed by atoms with Crippen molar-refractivity contribution < 1.29 is 29.0 Å². The molecule has 0 bridgehead atoms. The smallest absolute Gasteiger partial charge is 0.339 e. The lowest BCUT2D eigenvalue weighted by Gasteiger charge is -2.15. The van der Waals surface area contributed by atoms with Crippen LogP contribution in [-0.2, 0) is 16.0 Å². The first kappa shape index (κ1) is 23.0. The molecule has 0 radical (unpaired) electrons. The first-order valence-electron chi connectivity index (χ1n) is 9.10. The van der Waals surface area contributed by atoms with Crippen molar-refractivity contribution in [3.8, 4) is 5.75 Å². The van der Waals surface area contributed by atoms with Crippen LogP contribution in [0.4, 0.5) is 4.79 Å². The Kier molecular flexibility index (Phi) is 7.65. The number of aryl methyl sites for hydroxylation is 1. The van der Waals surface area contributed by atoms with E-state index in [4.69, 9.17) is 21.8 Å². The molecule has 0 aliphatic heterocycles. The molecule has 0 aliphatic rings. The number of fused-ring (bicyclic) bond motifs is 1. The van der Waals surface area contributed by atoms with Crippen molar-refractivity contribution in [1.82, 2.24) is 10.6 Å². The third kappa shape index (κ3) is 5.86. The molecule has 0 aliphatic carbocycles. The van der Waals surface area contributed by atoms with Crippen molar-refractivity contribution in [2.24, 2.45) is 5.73 Å². The molecule has 3 amide bonds. The highest BCUT2D eigenvalue weighted by atomic mass is 35.5. The van der Waals surface area contributed by atoms with Crippen molar-refractivity contribution in [2.45, 2.75) is 38.6 Å². The molecule has 1 heterocycles. The van der Waals surface area contributed by atoms with Crippen LogP contribution in [0.15, 0.2) is 21.3 Å². The number of aliphatic carboxylic acids is 1. The number of nitrogens with two attached hydrogens (primary N) is 1. The molecular weight excluding hydrogens is 418 g/mol. The first-order chi connectivity index (χ1) is 14.1. The van der Waals surface area contributed by atoms with Gasteiger partial charge in [-0.05, 0) is 37.8 Å². The van der Waals surface area contributed by atoms with Crippen LogP contribution in [-0.4, -0.2) is 40.7 Å². The summed E-state index contributed by atoms with van der Waals surface area (Å²) in [7, 11) is 0. The average molecular weight is 440 g/mol. The van der Waals surface area contributed by atoms with Crippen molar-refractivity contribution in [1.29, 1.82) is 0 Å². The van der Waals surface area contributed by atoms with E-state index in [1.54, 1.807) is 6.92 Å². The second-order valence-electron chi connectivity index (χ2n) is 6.68. The van der Waals surface area contributed by atoms with E-state index >= 15 is 0 Å². The zero-order chi connectivity index (χ0) is 22.4. The fourth-order valence-corrected chi connectivity index (χ4v) is 3.13. The number of carbonyl (C=O) groups excluding carboxylic acids is 2. The molecule has 11 heteroatoms. The fourth-order valence-electron chi connectivity index (χ4n) is 2.97. The Labute approximate surface area is 176 Å². The van der Waals surface area contributed by atoms with Gasteiger partial charge in [-0.25, -0.2) is 14.4 Å². The maximum absolute atomic E-state index is 12.3. The molecule has 0 unspecified atom stereocenters. The van der Waals surface area contributed by atoms with Crippen molar-refractivity contribution in [3.63, 3.8) is 0 Å². The van der Waals surface area contributed by atoms with E-state index in [0.29, 0.717) is 17.4 Å². The van der Waals surface area contributed by atoms with Gasteiger partial charge in [0.25, 0.3) is 0 Å². The van der Waals surface area contributed by atoms with E-state index in [-0.39, 0.29) is 47.7 Å². The van der Waals surface area contributed by atoms with Crippen LogP contribution in [0.3, 0.4) is 0 Å². The van der Waals surface area contributed by atoms with Gasteiger partial charge < -0.3 is 31.0 Å². The summed E-state index contributed by atoms with van der Waals surface area (Å²) in [5, 5.41) is 24.3. The number of amides is 3. The van der Waals surface area contributed by atoms with Crippen molar-refractivity contribution >= 4 is 40.5 Å². The van der Waals surface area contributed by atoms with Crippen LogP contribution in [0.2, 0.25) is 5.02 Å². The second-order valence-corrected chi connectivity index (χ2v) is 7.09. The minimum atomic E-state index is -1.21. The predicted octanol–water partition coefficient (Wildman–Crippen LogP) is 1.41. The summed E-state index contributed by atoms with van der Waals surface area (Å²) in [6.07, 6.45) is 0.303. The molecule has 10 nitrogen and oxygen atoms in total. The summed E-state index contributed by atoms with van der Waals surface area (Å²) in [6.45, 7) is 1.86. The van der Waals surface area contributed by atoms with Crippen LogP contribution in [0.25, 0.3) is 11.0 Å². The Morgan fingerprint density at radius 1 is 1.30 bits per heavy atom. The van der Waals surface area contributed by atoms with E-state index < -0.39 is 29.6 Å². The van der Waals surface area contributed by atoms with Gasteiger partial charge in [0.1, 0.15) is 17.4 Å². The SMILES string of the molecule is Cc1c(CCC(=O)N[C@@H](CCCNC(N)=O)C(=O)O)c(=O)oc2cc(O)c(Cl)cc12. The number of nitrogens with one attached hydrogen (secondary N) is 2. The van der Waals surface area contributed by atoms with Gasteiger partial charge in [-0.1, -0.05) is 11.6 Å². The number of carbonyl (C=O) groups is 3. The lowest BCUT2D eigenvalue weighted by atomic mass is 10.0. The van der Waals surface area contributed by atoms with Gasteiger partial charge in [-0.15, -0.1) is 0 Å². The first-order valence-corrected chi connectivity index (χ1v) is 9.48. The van der Waals surface area contributed by atoms with Crippen molar-refractivity contribution in [3.05, 3.63) is 38.7 Å². The van der Waals surface area contributed by atoms with Gasteiger partial charge >= 0.3 is 17.6 Å². The molecule has 0 saturated heterocycles. The Morgan fingerprint density at radius 2 is 2.00 bits per heavy atom. The van der Waals surface area contributed by atoms with Crippen molar-refractivity contribution in [2.75, 3.05) is 6.54 Å². The number of urea groups is 1. The number of hydrogen-bond donors (Lipinski definition) is 5. The second kappa shape index (κ2) is 9.97. The van der Waals surface area contributed by atoms with Crippen LogP contribution >= 0.6 is 11.6 Å². The summed E-state index contributed by atoms with van der Waals surface area (Å²) in [4.78, 5) is 46.4. The zero-order valence-corrected chi connectivity index (χ0v) is 16.9. The normalized spacial score (nSPS) is 11.8. The molecule has 0 spiro atoms. The summed E-state index contributed by atoms with van der Waals surface area (Å²) in [5.74, 6) is -1.98. The monoisotopic (exact) mass is 439 g/mol. The van der Waals surface area contributed by atoms with Gasteiger partial charge in [-0.3, -0.25) is 4.79 Å². The topological polar surface area (TPSA) is 172 Å². The standard InChI is InChI=1S/C19H22ClN3O7/c1-9-10(18(28)30-15-8-14(24)12(20)7-11(9)15)4-5-16(25)23-13(17(26)27)3-2-6-22-19(21)29/h7-8,13,24H,2-6H2,1H3,(H,23,25)(H,26,27)(H3,21,22,29)/t13-/m0/s1. The number of aromatic hydroxyl groups is 1. The van der Waals surface area contributed by atoms with E-state index in [1.807, 2.05) is 0 Å². The number of phenols is 1. The average Bonchev–Trinajstić information content (AvgIpc) is 2.65. The maximum Gasteiger partial charge on any atom is 0.339 e. The molecule has 30 heavy (non-hydrogen) atoms. The molecule has 1 aromatic heterocycles. The van der Waals surface area contributed by atoms with E-state index in [0.717, 1.165) is 0 Å². The molecule has 1 aromatic carbocycles. The number of rotatable bonds is 9. The minimum absolute atomic E-state index is 0.0318. The lowest BCUT2D eigenvalue weighted by Crippen LogP contribution is -2.41. The van der Waals surface area contributed by atoms with Crippen LogP contribution in [0.1, 0.15) is 30.4 Å². The highest BCUT2D eigenvalue weighted by Gasteiger charge is 2.20. The lowest BCUT2D eigenvalue weighted by molar-refractivity contribution is -0.142. The molecule has 1 atom stereocenters. The summed E-state index contributed by atoms with van der Waals surface area (Å²) in [5.41, 5.74) is 5.27. The number of benzene rings is 1. The third-order valence-corrected chi connectivity index (χ3v) is 4.86.